The Morgan fingerprint density at radius 3 is 2.26 bits per heavy atom. The second-order valence-electron chi connectivity index (χ2n) is 6.15. The minimum atomic E-state index is -0.477. The van der Waals surface area contributed by atoms with Crippen molar-refractivity contribution in [3.8, 4) is 22.6 Å². The number of hydrogen-bond acceptors (Lipinski definition) is 3. The van der Waals surface area contributed by atoms with Crippen molar-refractivity contribution in [2.75, 3.05) is 6.61 Å². The number of ether oxygens (including phenoxy) is 2. The first-order valence-corrected chi connectivity index (χ1v) is 9.56. The van der Waals surface area contributed by atoms with Crippen molar-refractivity contribution in [2.24, 2.45) is 0 Å². The zero-order valence-corrected chi connectivity index (χ0v) is 17.3. The number of esters is 1. The molecule has 3 aromatic rings. The number of carbonyl (C=O) groups excluding carboxylic acids is 1. The first kappa shape index (κ1) is 19.5. The molecule has 0 radical (unpaired) electrons. The van der Waals surface area contributed by atoms with E-state index in [1.807, 2.05) is 62.4 Å². The average Bonchev–Trinajstić information content (AvgIpc) is 2.65. The highest BCUT2D eigenvalue weighted by molar-refractivity contribution is 9.10. The van der Waals surface area contributed by atoms with Crippen LogP contribution in [0.2, 0.25) is 5.02 Å². The summed E-state index contributed by atoms with van der Waals surface area (Å²) < 4.78 is 11.7. The SMILES string of the molecule is Cc1cc(OC(=O)COc2ccc(-c3ccccc3)cc2Br)cc(C)c1Cl. The average molecular weight is 446 g/mol. The van der Waals surface area contributed by atoms with Gasteiger partial charge in [-0.2, -0.15) is 0 Å². The zero-order valence-electron chi connectivity index (χ0n) is 15.0. The molecule has 0 saturated carbocycles. The standard InChI is InChI=1S/C22H18BrClO3/c1-14-10-18(11-15(2)22(14)24)27-21(25)13-26-20-9-8-17(12-19(20)23)16-6-4-3-5-7-16/h3-12H,13H2,1-2H3. The Bertz CT molecular complexity index is 948. The smallest absolute Gasteiger partial charge is 0.349 e. The minimum Gasteiger partial charge on any atom is -0.481 e. The van der Waals surface area contributed by atoms with E-state index in [1.54, 1.807) is 12.1 Å². The van der Waals surface area contributed by atoms with Gasteiger partial charge >= 0.3 is 5.97 Å². The molecular weight excluding hydrogens is 428 g/mol. The van der Waals surface area contributed by atoms with Crippen LogP contribution in [0, 0.1) is 13.8 Å². The van der Waals surface area contributed by atoms with Crippen LogP contribution in [-0.2, 0) is 4.79 Å². The van der Waals surface area contributed by atoms with E-state index < -0.39 is 5.97 Å². The number of rotatable bonds is 5. The van der Waals surface area contributed by atoms with Crippen LogP contribution in [0.1, 0.15) is 11.1 Å². The van der Waals surface area contributed by atoms with Crippen LogP contribution in [0.25, 0.3) is 11.1 Å². The van der Waals surface area contributed by atoms with Crippen LogP contribution >= 0.6 is 27.5 Å². The summed E-state index contributed by atoms with van der Waals surface area (Å²) >= 11 is 9.63. The van der Waals surface area contributed by atoms with Crippen molar-refractivity contribution in [3.63, 3.8) is 0 Å². The van der Waals surface area contributed by atoms with Crippen molar-refractivity contribution >= 4 is 33.5 Å². The van der Waals surface area contributed by atoms with Gasteiger partial charge in [-0.1, -0.05) is 48.0 Å². The number of carbonyl (C=O) groups is 1. The number of halogens is 2. The van der Waals surface area contributed by atoms with Gasteiger partial charge in [-0.25, -0.2) is 4.79 Å². The monoisotopic (exact) mass is 444 g/mol. The van der Waals surface area contributed by atoms with Gasteiger partial charge in [0.05, 0.1) is 4.47 Å². The van der Waals surface area contributed by atoms with E-state index in [1.165, 1.54) is 0 Å². The van der Waals surface area contributed by atoms with Crippen molar-refractivity contribution in [1.29, 1.82) is 0 Å². The normalized spacial score (nSPS) is 10.5. The molecule has 138 valence electrons. The molecule has 0 bridgehead atoms. The van der Waals surface area contributed by atoms with E-state index in [0.29, 0.717) is 16.5 Å². The summed E-state index contributed by atoms with van der Waals surface area (Å²) in [7, 11) is 0. The topological polar surface area (TPSA) is 35.5 Å². The molecule has 0 aliphatic heterocycles. The highest BCUT2D eigenvalue weighted by atomic mass is 79.9. The van der Waals surface area contributed by atoms with Crippen molar-refractivity contribution < 1.29 is 14.3 Å². The summed E-state index contributed by atoms with van der Waals surface area (Å²) in [6, 6.07) is 19.2. The summed E-state index contributed by atoms with van der Waals surface area (Å²) in [6.07, 6.45) is 0. The maximum atomic E-state index is 12.1. The fourth-order valence-corrected chi connectivity index (χ4v) is 3.29. The number of benzene rings is 3. The molecule has 5 heteroatoms. The third-order valence-electron chi connectivity index (χ3n) is 4.03. The Kier molecular flexibility index (Phi) is 6.19. The predicted octanol–water partition coefficient (Wildman–Crippen LogP) is 6.37. The Morgan fingerprint density at radius 2 is 1.63 bits per heavy atom. The lowest BCUT2D eigenvalue weighted by Crippen LogP contribution is -2.18. The maximum Gasteiger partial charge on any atom is 0.349 e. The van der Waals surface area contributed by atoms with E-state index >= 15 is 0 Å². The summed E-state index contributed by atoms with van der Waals surface area (Å²) in [5.41, 5.74) is 3.89. The molecule has 3 aromatic carbocycles. The van der Waals surface area contributed by atoms with Crippen LogP contribution in [0.4, 0.5) is 0 Å². The zero-order chi connectivity index (χ0) is 19.4. The number of aryl methyl sites for hydroxylation is 2. The van der Waals surface area contributed by atoms with Gasteiger partial charge in [0, 0.05) is 5.02 Å². The van der Waals surface area contributed by atoms with Crippen molar-refractivity contribution in [2.45, 2.75) is 13.8 Å². The van der Waals surface area contributed by atoms with Gasteiger partial charge in [0.1, 0.15) is 11.5 Å². The lowest BCUT2D eigenvalue weighted by atomic mass is 10.1. The van der Waals surface area contributed by atoms with Crippen molar-refractivity contribution in [3.05, 3.63) is 81.3 Å². The van der Waals surface area contributed by atoms with Gasteiger partial charge in [-0.3, -0.25) is 0 Å². The van der Waals surface area contributed by atoms with Gasteiger partial charge in [0.2, 0.25) is 0 Å². The first-order chi connectivity index (χ1) is 12.9. The van der Waals surface area contributed by atoms with E-state index in [4.69, 9.17) is 21.1 Å². The van der Waals surface area contributed by atoms with E-state index in [9.17, 15) is 4.79 Å². The molecular formula is C22H18BrClO3. The highest BCUT2D eigenvalue weighted by Gasteiger charge is 2.11. The molecule has 0 saturated heterocycles. The Morgan fingerprint density at radius 1 is 0.963 bits per heavy atom. The van der Waals surface area contributed by atoms with Gasteiger partial charge in [-0.05, 0) is 76.3 Å². The third-order valence-corrected chi connectivity index (χ3v) is 5.24. The molecule has 0 unspecified atom stereocenters. The maximum absolute atomic E-state index is 12.1. The van der Waals surface area contributed by atoms with Crippen LogP contribution in [0.3, 0.4) is 0 Å². The number of hydrogen-bond donors (Lipinski definition) is 0. The second-order valence-corrected chi connectivity index (χ2v) is 7.38. The predicted molar refractivity (Wildman–Crippen MR) is 112 cm³/mol. The highest BCUT2D eigenvalue weighted by Crippen LogP contribution is 2.31. The molecule has 0 aromatic heterocycles. The van der Waals surface area contributed by atoms with Gasteiger partial charge in [-0.15, -0.1) is 0 Å². The fourth-order valence-electron chi connectivity index (χ4n) is 2.69. The first-order valence-electron chi connectivity index (χ1n) is 8.39. The Balaban J connectivity index is 1.64. The van der Waals surface area contributed by atoms with E-state index in [2.05, 4.69) is 15.9 Å². The third kappa shape index (κ3) is 4.90. The summed E-state index contributed by atoms with van der Waals surface area (Å²) in [5, 5.41) is 0.675. The Labute approximate surface area is 172 Å². The molecule has 0 atom stereocenters. The largest absolute Gasteiger partial charge is 0.481 e. The molecule has 0 spiro atoms. The van der Waals surface area contributed by atoms with Gasteiger partial charge < -0.3 is 9.47 Å². The molecule has 0 aliphatic rings. The van der Waals surface area contributed by atoms with E-state index in [-0.39, 0.29) is 6.61 Å². The molecule has 3 rings (SSSR count). The van der Waals surface area contributed by atoms with Crippen molar-refractivity contribution in [1.82, 2.24) is 0 Å². The molecule has 0 aliphatic carbocycles. The lowest BCUT2D eigenvalue weighted by Gasteiger charge is -2.11. The summed E-state index contributed by atoms with van der Waals surface area (Å²) in [6.45, 7) is 3.55. The minimum absolute atomic E-state index is 0.190. The van der Waals surface area contributed by atoms with Gasteiger partial charge in [0.25, 0.3) is 0 Å². The molecule has 0 N–H and O–H groups in total. The van der Waals surface area contributed by atoms with Crippen LogP contribution in [-0.4, -0.2) is 12.6 Å². The molecule has 0 amide bonds. The quantitative estimate of drug-likeness (QED) is 0.338. The molecule has 3 nitrogen and oxygen atoms in total. The van der Waals surface area contributed by atoms with Crippen LogP contribution in [0.15, 0.2) is 65.1 Å². The lowest BCUT2D eigenvalue weighted by molar-refractivity contribution is -0.136. The molecule has 0 heterocycles. The Hall–Kier alpha value is -2.30. The second kappa shape index (κ2) is 8.59. The van der Waals surface area contributed by atoms with Crippen LogP contribution in [0.5, 0.6) is 11.5 Å². The summed E-state index contributed by atoms with van der Waals surface area (Å²) in [4.78, 5) is 12.1. The van der Waals surface area contributed by atoms with E-state index in [0.717, 1.165) is 26.7 Å². The summed E-state index contributed by atoms with van der Waals surface area (Å²) in [5.74, 6) is 0.562. The molecule has 27 heavy (non-hydrogen) atoms. The molecule has 0 fully saturated rings. The van der Waals surface area contributed by atoms with Crippen LogP contribution < -0.4 is 9.47 Å². The van der Waals surface area contributed by atoms with Gasteiger partial charge in [0.15, 0.2) is 6.61 Å². The fraction of sp³-hybridized carbons (Fsp3) is 0.136.